The third kappa shape index (κ3) is 4.85. The lowest BCUT2D eigenvalue weighted by molar-refractivity contribution is -0.384. The molecule has 3 rings (SSSR count). The maximum absolute atomic E-state index is 12.7. The molecule has 2 aromatic rings. The van der Waals surface area contributed by atoms with Gasteiger partial charge in [0.05, 0.1) is 16.9 Å². The molecule has 2 aromatic carbocycles. The molecule has 0 atom stereocenters. The quantitative estimate of drug-likeness (QED) is 0.548. The van der Waals surface area contributed by atoms with E-state index in [1.807, 2.05) is 0 Å². The van der Waals surface area contributed by atoms with Crippen molar-refractivity contribution in [3.63, 3.8) is 0 Å². The van der Waals surface area contributed by atoms with Crippen molar-refractivity contribution in [2.45, 2.75) is 25.4 Å². The third-order valence-corrected chi connectivity index (χ3v) is 4.54. The minimum Gasteiger partial charge on any atom is -0.312 e. The van der Waals surface area contributed by atoms with E-state index in [2.05, 4.69) is 10.9 Å². The van der Waals surface area contributed by atoms with E-state index in [4.69, 9.17) is 0 Å². The van der Waals surface area contributed by atoms with E-state index in [0.29, 0.717) is 30.7 Å². The van der Waals surface area contributed by atoms with Crippen LogP contribution in [-0.4, -0.2) is 23.3 Å². The molecule has 0 aliphatic carbocycles. The summed E-state index contributed by atoms with van der Waals surface area (Å²) in [5.41, 5.74) is 3.65. The molecule has 0 radical (unpaired) electrons. The average molecular weight is 422 g/mol. The fraction of sp³-hybridized carbons (Fsp3) is 0.263. The van der Waals surface area contributed by atoms with Crippen molar-refractivity contribution in [3.05, 3.63) is 63.7 Å². The number of amides is 2. The first-order valence-electron chi connectivity index (χ1n) is 8.95. The maximum atomic E-state index is 12.7. The van der Waals surface area contributed by atoms with Gasteiger partial charge in [0.2, 0.25) is 11.8 Å². The molecule has 2 amide bonds. The van der Waals surface area contributed by atoms with Crippen LogP contribution in [0.1, 0.15) is 24.0 Å². The standard InChI is InChI=1S/C19H17F3N4O4/c20-19(21,22)13-5-8-15(16(11-13)26(29)30)23-24-17(27)10-12-3-6-14(7-4-12)25-9-1-2-18(25)28/h3-8,11,23H,1-2,9-10H2,(H,24,27). The van der Waals surface area contributed by atoms with Crippen LogP contribution in [0.5, 0.6) is 0 Å². The molecule has 1 aliphatic rings. The summed E-state index contributed by atoms with van der Waals surface area (Å²) in [7, 11) is 0. The number of alkyl halides is 3. The molecule has 0 unspecified atom stereocenters. The number of nitro groups is 1. The maximum Gasteiger partial charge on any atom is 0.416 e. The van der Waals surface area contributed by atoms with Gasteiger partial charge in [-0.15, -0.1) is 0 Å². The number of benzene rings is 2. The highest BCUT2D eigenvalue weighted by Crippen LogP contribution is 2.34. The van der Waals surface area contributed by atoms with Crippen LogP contribution in [0.3, 0.4) is 0 Å². The number of halogens is 3. The van der Waals surface area contributed by atoms with E-state index < -0.39 is 28.3 Å². The first-order valence-corrected chi connectivity index (χ1v) is 8.95. The second kappa shape index (κ2) is 8.39. The Morgan fingerprint density at radius 1 is 1.17 bits per heavy atom. The van der Waals surface area contributed by atoms with Crippen LogP contribution in [0.15, 0.2) is 42.5 Å². The zero-order valence-electron chi connectivity index (χ0n) is 15.5. The molecule has 1 saturated heterocycles. The fourth-order valence-corrected chi connectivity index (χ4v) is 3.05. The summed E-state index contributed by atoms with van der Waals surface area (Å²) in [4.78, 5) is 35.6. The summed E-state index contributed by atoms with van der Waals surface area (Å²) in [6, 6.07) is 8.76. The van der Waals surface area contributed by atoms with E-state index >= 15 is 0 Å². The fourth-order valence-electron chi connectivity index (χ4n) is 3.05. The van der Waals surface area contributed by atoms with Gasteiger partial charge in [0.25, 0.3) is 5.69 Å². The van der Waals surface area contributed by atoms with Gasteiger partial charge in [0, 0.05) is 24.7 Å². The lowest BCUT2D eigenvalue weighted by Crippen LogP contribution is -2.31. The summed E-state index contributed by atoms with van der Waals surface area (Å²) in [6.07, 6.45) is -3.50. The number of hydrogen-bond acceptors (Lipinski definition) is 5. The van der Waals surface area contributed by atoms with Gasteiger partial charge in [0.1, 0.15) is 5.69 Å². The molecule has 11 heteroatoms. The molecule has 0 bridgehead atoms. The van der Waals surface area contributed by atoms with Crippen molar-refractivity contribution in [1.82, 2.24) is 5.43 Å². The van der Waals surface area contributed by atoms with Crippen molar-refractivity contribution in [1.29, 1.82) is 0 Å². The van der Waals surface area contributed by atoms with Gasteiger partial charge in [-0.05, 0) is 36.2 Å². The lowest BCUT2D eigenvalue weighted by atomic mass is 10.1. The van der Waals surface area contributed by atoms with Crippen molar-refractivity contribution < 1.29 is 27.7 Å². The van der Waals surface area contributed by atoms with Gasteiger partial charge in [-0.2, -0.15) is 13.2 Å². The Bertz CT molecular complexity index is 977. The van der Waals surface area contributed by atoms with Crippen LogP contribution in [-0.2, 0) is 22.2 Å². The molecule has 0 saturated carbocycles. The van der Waals surface area contributed by atoms with Gasteiger partial charge in [-0.3, -0.25) is 30.6 Å². The van der Waals surface area contributed by atoms with Crippen LogP contribution in [0, 0.1) is 10.1 Å². The number of carbonyl (C=O) groups is 2. The number of nitro benzene ring substituents is 1. The molecule has 1 aliphatic heterocycles. The minimum atomic E-state index is -4.72. The summed E-state index contributed by atoms with van der Waals surface area (Å²) in [6.45, 7) is 0.647. The molecule has 2 N–H and O–H groups in total. The van der Waals surface area contributed by atoms with Crippen LogP contribution >= 0.6 is 0 Å². The van der Waals surface area contributed by atoms with Crippen LogP contribution < -0.4 is 15.8 Å². The SMILES string of the molecule is O=C(Cc1ccc(N2CCCC2=O)cc1)NNc1ccc(C(F)(F)F)cc1[N+](=O)[O-]. The Kier molecular flexibility index (Phi) is 5.90. The van der Waals surface area contributed by atoms with Crippen LogP contribution in [0.25, 0.3) is 0 Å². The number of anilines is 2. The van der Waals surface area contributed by atoms with Gasteiger partial charge < -0.3 is 4.90 Å². The van der Waals surface area contributed by atoms with E-state index in [-0.39, 0.29) is 18.0 Å². The number of carbonyl (C=O) groups excluding carboxylic acids is 2. The molecular weight excluding hydrogens is 405 g/mol. The zero-order chi connectivity index (χ0) is 21.9. The topological polar surface area (TPSA) is 105 Å². The van der Waals surface area contributed by atoms with Gasteiger partial charge in [-0.25, -0.2) is 0 Å². The largest absolute Gasteiger partial charge is 0.416 e. The first kappa shape index (κ1) is 21.1. The first-order chi connectivity index (χ1) is 14.1. The van der Waals surface area contributed by atoms with E-state index in [1.54, 1.807) is 29.2 Å². The predicted molar refractivity (Wildman–Crippen MR) is 102 cm³/mol. The molecule has 158 valence electrons. The molecular formula is C19H17F3N4O4. The summed E-state index contributed by atoms with van der Waals surface area (Å²) in [5.74, 6) is -0.503. The highest BCUT2D eigenvalue weighted by Gasteiger charge is 2.33. The minimum absolute atomic E-state index is 0.0443. The summed E-state index contributed by atoms with van der Waals surface area (Å²) >= 11 is 0. The number of hydrazine groups is 1. The normalized spacial score (nSPS) is 14.0. The van der Waals surface area contributed by atoms with Crippen molar-refractivity contribution in [3.8, 4) is 0 Å². The van der Waals surface area contributed by atoms with Gasteiger partial charge in [-0.1, -0.05) is 12.1 Å². The Labute approximate surface area is 168 Å². The number of hydrogen-bond donors (Lipinski definition) is 2. The second-order valence-electron chi connectivity index (χ2n) is 6.65. The van der Waals surface area contributed by atoms with E-state index in [9.17, 15) is 32.9 Å². The zero-order valence-corrected chi connectivity index (χ0v) is 15.5. The second-order valence-corrected chi connectivity index (χ2v) is 6.65. The Morgan fingerprint density at radius 3 is 2.43 bits per heavy atom. The number of rotatable bonds is 6. The summed E-state index contributed by atoms with van der Waals surface area (Å²) in [5, 5.41) is 11.1. The third-order valence-electron chi connectivity index (χ3n) is 4.54. The lowest BCUT2D eigenvalue weighted by Gasteiger charge is -2.16. The van der Waals surface area contributed by atoms with Crippen molar-refractivity contribution in [2.24, 2.45) is 0 Å². The molecule has 8 nitrogen and oxygen atoms in total. The average Bonchev–Trinajstić information content (AvgIpc) is 3.12. The van der Waals surface area contributed by atoms with Gasteiger partial charge in [0.15, 0.2) is 0 Å². The van der Waals surface area contributed by atoms with E-state index in [0.717, 1.165) is 18.2 Å². The molecule has 1 heterocycles. The highest BCUT2D eigenvalue weighted by molar-refractivity contribution is 5.95. The van der Waals surface area contributed by atoms with Crippen LogP contribution in [0.4, 0.5) is 30.2 Å². The molecule has 1 fully saturated rings. The smallest absolute Gasteiger partial charge is 0.312 e. The highest BCUT2D eigenvalue weighted by atomic mass is 19.4. The van der Waals surface area contributed by atoms with Crippen molar-refractivity contribution >= 4 is 28.9 Å². The molecule has 0 aromatic heterocycles. The number of nitrogens with one attached hydrogen (secondary N) is 2. The van der Waals surface area contributed by atoms with Crippen LogP contribution in [0.2, 0.25) is 0 Å². The van der Waals surface area contributed by atoms with E-state index in [1.165, 1.54) is 0 Å². The number of nitrogens with zero attached hydrogens (tertiary/aromatic N) is 2. The Morgan fingerprint density at radius 2 is 1.87 bits per heavy atom. The van der Waals surface area contributed by atoms with Gasteiger partial charge >= 0.3 is 6.18 Å². The summed E-state index contributed by atoms with van der Waals surface area (Å²) < 4.78 is 38.2. The predicted octanol–water partition coefficient (Wildman–Crippen LogP) is 3.43. The van der Waals surface area contributed by atoms with Crippen molar-refractivity contribution in [2.75, 3.05) is 16.9 Å². The monoisotopic (exact) mass is 422 g/mol. The molecule has 0 spiro atoms. The molecule has 30 heavy (non-hydrogen) atoms. The Balaban J connectivity index is 1.62. The Hall–Kier alpha value is -3.63.